The summed E-state index contributed by atoms with van der Waals surface area (Å²) in [4.78, 5) is 1.46. The van der Waals surface area contributed by atoms with Gasteiger partial charge in [-0.1, -0.05) is 0 Å². The van der Waals surface area contributed by atoms with Crippen molar-refractivity contribution in [3.8, 4) is 11.5 Å². The van der Waals surface area contributed by atoms with Crippen LogP contribution in [0.25, 0.3) is 0 Å². The molecule has 0 unspecified atom stereocenters. The standard InChI is InChI=1S/C15H5F17O6S/c16-9(12(21,22)23,13(24,25)26)7(10(17,14(27,28)29)15(30,31)32)8(11(18,19)20)37-5-2-1-4(39(34,35)36)3-6(5)38-33/h1-3,33H,(H,34,35,36)/p-1. The summed E-state index contributed by atoms with van der Waals surface area (Å²) in [6, 6.07) is -1.21. The van der Waals surface area contributed by atoms with E-state index in [0.29, 0.717) is 0 Å². The molecule has 39 heavy (non-hydrogen) atoms. The summed E-state index contributed by atoms with van der Waals surface area (Å²) in [5.41, 5.74) is -22.7. The van der Waals surface area contributed by atoms with Gasteiger partial charge in [-0.3, -0.25) is 0 Å². The Bertz CT molecular complexity index is 1140. The van der Waals surface area contributed by atoms with Crippen molar-refractivity contribution in [2.75, 3.05) is 0 Å². The van der Waals surface area contributed by atoms with E-state index >= 15 is 0 Å². The fraction of sp³-hybridized carbons (Fsp3) is 0.467. The fourth-order valence-corrected chi connectivity index (χ4v) is 3.08. The molecule has 24 heteroatoms. The molecule has 0 aromatic heterocycles. The highest BCUT2D eigenvalue weighted by atomic mass is 32.2. The number of rotatable bonds is 6. The Hall–Kier alpha value is -2.76. The summed E-state index contributed by atoms with van der Waals surface area (Å²) in [5, 5.41) is 8.56. The molecular formula is C15H4F17O6S-. The van der Waals surface area contributed by atoms with Gasteiger partial charge in [0, 0.05) is 6.07 Å². The molecule has 0 aliphatic heterocycles. The summed E-state index contributed by atoms with van der Waals surface area (Å²) in [5.74, 6) is -9.42. The Morgan fingerprint density at radius 2 is 1.03 bits per heavy atom. The van der Waals surface area contributed by atoms with Gasteiger partial charge in [0.15, 0.2) is 5.75 Å². The van der Waals surface area contributed by atoms with Gasteiger partial charge in [-0.15, -0.1) is 0 Å². The second-order valence-electron chi connectivity index (χ2n) is 6.77. The predicted octanol–water partition coefficient (Wildman–Crippen LogP) is 6.30. The Balaban J connectivity index is 4.59. The monoisotopic (exact) mass is 635 g/mol. The van der Waals surface area contributed by atoms with Gasteiger partial charge in [-0.2, -0.15) is 65.9 Å². The molecule has 0 heterocycles. The third-order valence-electron chi connectivity index (χ3n) is 4.25. The van der Waals surface area contributed by atoms with Crippen LogP contribution in [0.1, 0.15) is 0 Å². The number of benzene rings is 1. The maximum atomic E-state index is 14.6. The molecule has 0 spiro atoms. The normalized spacial score (nSPS) is 14.7. The zero-order valence-electron chi connectivity index (χ0n) is 17.1. The third-order valence-corrected chi connectivity index (χ3v) is 5.08. The summed E-state index contributed by atoms with van der Waals surface area (Å²) in [7, 11) is -5.70. The quantitative estimate of drug-likeness (QED) is 0.130. The summed E-state index contributed by atoms with van der Waals surface area (Å²) in [6.45, 7) is 0. The van der Waals surface area contributed by atoms with Gasteiger partial charge < -0.3 is 14.2 Å². The number of halogens is 17. The highest BCUT2D eigenvalue weighted by Gasteiger charge is 2.88. The second-order valence-corrected chi connectivity index (χ2v) is 8.15. The van der Waals surface area contributed by atoms with Gasteiger partial charge in [0.2, 0.25) is 11.5 Å². The molecule has 0 amide bonds. The van der Waals surface area contributed by atoms with Gasteiger partial charge in [0.25, 0.3) is 0 Å². The lowest BCUT2D eigenvalue weighted by Crippen LogP contribution is -2.67. The van der Waals surface area contributed by atoms with E-state index in [4.69, 9.17) is 5.26 Å². The first-order valence-corrected chi connectivity index (χ1v) is 9.86. The van der Waals surface area contributed by atoms with E-state index in [2.05, 4.69) is 9.62 Å². The van der Waals surface area contributed by atoms with Crippen LogP contribution < -0.4 is 9.62 Å². The van der Waals surface area contributed by atoms with Crippen molar-refractivity contribution in [1.82, 2.24) is 0 Å². The highest BCUT2D eigenvalue weighted by Crippen LogP contribution is 2.63. The molecule has 0 saturated heterocycles. The average Bonchev–Trinajstić information content (AvgIpc) is 2.68. The maximum Gasteiger partial charge on any atom is 0.449 e. The lowest BCUT2D eigenvalue weighted by Gasteiger charge is -2.41. The molecular weight excluding hydrogens is 631 g/mol. The molecule has 6 nitrogen and oxygen atoms in total. The summed E-state index contributed by atoms with van der Waals surface area (Å²) >= 11 is 0. The van der Waals surface area contributed by atoms with Crippen LogP contribution in [0.3, 0.4) is 0 Å². The maximum absolute atomic E-state index is 14.6. The van der Waals surface area contributed by atoms with Crippen LogP contribution in [-0.4, -0.2) is 60.4 Å². The van der Waals surface area contributed by atoms with E-state index in [1.165, 1.54) is 0 Å². The number of ether oxygens (including phenoxy) is 1. The molecule has 1 aromatic rings. The minimum Gasteiger partial charge on any atom is -0.744 e. The van der Waals surface area contributed by atoms with Crippen LogP contribution in [0, 0.1) is 0 Å². The summed E-state index contributed by atoms with van der Waals surface area (Å²) in [6.07, 6.45) is -40.5. The van der Waals surface area contributed by atoms with Gasteiger partial charge in [-0.05, 0) is 12.1 Å². The topological polar surface area (TPSA) is 95.9 Å². The van der Waals surface area contributed by atoms with Gasteiger partial charge in [0.05, 0.1) is 10.5 Å². The van der Waals surface area contributed by atoms with Crippen LogP contribution in [0.4, 0.5) is 74.6 Å². The molecule has 0 bridgehead atoms. The number of hydrogen-bond donors (Lipinski definition) is 1. The van der Waals surface area contributed by atoms with E-state index in [0.717, 1.165) is 0 Å². The van der Waals surface area contributed by atoms with E-state index in [9.17, 15) is 87.6 Å². The molecule has 0 atom stereocenters. The van der Waals surface area contributed by atoms with Gasteiger partial charge in [-0.25, -0.2) is 22.5 Å². The molecule has 0 fully saturated rings. The first-order chi connectivity index (χ1) is 16.9. The van der Waals surface area contributed by atoms with Crippen molar-refractivity contribution >= 4 is 10.1 Å². The minimum absolute atomic E-state index is 0.264. The molecule has 1 N–H and O–H groups in total. The molecule has 1 aromatic carbocycles. The van der Waals surface area contributed by atoms with E-state index < -0.39 is 92.2 Å². The Morgan fingerprint density at radius 3 is 1.28 bits per heavy atom. The van der Waals surface area contributed by atoms with E-state index in [1.807, 2.05) is 0 Å². The van der Waals surface area contributed by atoms with Crippen molar-refractivity contribution in [1.29, 1.82) is 0 Å². The molecule has 0 radical (unpaired) electrons. The Morgan fingerprint density at radius 1 is 0.667 bits per heavy atom. The lowest BCUT2D eigenvalue weighted by atomic mass is 9.79. The van der Waals surface area contributed by atoms with Crippen molar-refractivity contribution in [3.63, 3.8) is 0 Å². The second kappa shape index (κ2) is 9.71. The first kappa shape index (κ1) is 34.3. The highest BCUT2D eigenvalue weighted by molar-refractivity contribution is 7.85. The van der Waals surface area contributed by atoms with Crippen LogP contribution in [0.2, 0.25) is 0 Å². The average molecular weight is 635 g/mol. The predicted molar refractivity (Wildman–Crippen MR) is 83.3 cm³/mol. The van der Waals surface area contributed by atoms with E-state index in [1.54, 1.807) is 0 Å². The molecule has 226 valence electrons. The van der Waals surface area contributed by atoms with Crippen LogP contribution in [0.5, 0.6) is 11.5 Å². The van der Waals surface area contributed by atoms with Gasteiger partial charge in [0.1, 0.15) is 10.1 Å². The number of hydrogen-bond acceptors (Lipinski definition) is 6. The summed E-state index contributed by atoms with van der Waals surface area (Å²) < 4.78 is 263. The smallest absolute Gasteiger partial charge is 0.449 e. The van der Waals surface area contributed by atoms with Crippen LogP contribution in [-0.2, 0) is 10.1 Å². The van der Waals surface area contributed by atoms with Crippen LogP contribution in [0.15, 0.2) is 34.4 Å². The van der Waals surface area contributed by atoms with Crippen molar-refractivity contribution in [2.45, 2.75) is 47.1 Å². The van der Waals surface area contributed by atoms with Crippen molar-refractivity contribution in [3.05, 3.63) is 29.5 Å². The van der Waals surface area contributed by atoms with Crippen molar-refractivity contribution < 1.29 is 102 Å². The fourth-order valence-electron chi connectivity index (χ4n) is 2.60. The first-order valence-electron chi connectivity index (χ1n) is 8.45. The van der Waals surface area contributed by atoms with Crippen molar-refractivity contribution in [2.24, 2.45) is 0 Å². The Labute approximate surface area is 201 Å². The van der Waals surface area contributed by atoms with Gasteiger partial charge >= 0.3 is 42.2 Å². The Kier molecular flexibility index (Phi) is 8.53. The third kappa shape index (κ3) is 6.05. The molecule has 1 rings (SSSR count). The molecule has 0 saturated carbocycles. The van der Waals surface area contributed by atoms with E-state index in [-0.39, 0.29) is 6.07 Å². The molecule has 0 aliphatic carbocycles. The largest absolute Gasteiger partial charge is 0.744 e. The molecule has 0 aliphatic rings. The lowest BCUT2D eigenvalue weighted by molar-refractivity contribution is -0.365. The SMILES string of the molecule is O=S(=O)([O-])c1ccc(OC(=C(C(F)(C(F)(F)F)C(F)(F)F)C(F)(C(F)(F)F)C(F)(F)F)C(F)(F)F)c(OO)c1. The minimum atomic E-state index is -8.46. The zero-order chi connectivity index (χ0) is 31.4. The zero-order valence-corrected chi connectivity index (χ0v) is 17.9. The van der Waals surface area contributed by atoms with Crippen LogP contribution >= 0.6 is 0 Å². The number of allylic oxidation sites excluding steroid dienone is 2. The number of alkyl halides is 17.